The Kier molecular flexibility index (Phi) is 4.08. The molecule has 24 heavy (non-hydrogen) atoms. The molecule has 4 nitrogen and oxygen atoms in total. The van der Waals surface area contributed by atoms with Crippen molar-refractivity contribution in [1.29, 1.82) is 0 Å². The van der Waals surface area contributed by atoms with Gasteiger partial charge in [0.25, 0.3) is 5.91 Å². The van der Waals surface area contributed by atoms with Crippen LogP contribution in [0.25, 0.3) is 5.57 Å². The van der Waals surface area contributed by atoms with Crippen LogP contribution in [0.3, 0.4) is 0 Å². The molecule has 2 aliphatic heterocycles. The third-order valence-electron chi connectivity index (χ3n) is 5.07. The number of para-hydroxylation sites is 1. The predicted molar refractivity (Wildman–Crippen MR) is 93.2 cm³/mol. The van der Waals surface area contributed by atoms with Crippen molar-refractivity contribution in [2.75, 3.05) is 11.4 Å². The maximum atomic E-state index is 15.2. The van der Waals surface area contributed by atoms with Gasteiger partial charge in [-0.25, -0.2) is 4.39 Å². The number of nitrogens with zero attached hydrogens (tertiary/aromatic N) is 1. The molecule has 6 heteroatoms. The first-order valence-electron chi connectivity index (χ1n) is 8.36. The van der Waals surface area contributed by atoms with Gasteiger partial charge in [0, 0.05) is 12.1 Å². The first kappa shape index (κ1) is 17.2. The van der Waals surface area contributed by atoms with Crippen LogP contribution in [0.5, 0.6) is 0 Å². The van der Waals surface area contributed by atoms with Crippen molar-refractivity contribution in [3.63, 3.8) is 0 Å². The number of amides is 1. The number of hydrogen-bond donors (Lipinski definition) is 0. The molecule has 0 unspecified atom stereocenters. The Morgan fingerprint density at radius 2 is 1.75 bits per heavy atom. The van der Waals surface area contributed by atoms with Gasteiger partial charge in [-0.15, -0.1) is 0 Å². The molecule has 0 atom stereocenters. The molecule has 0 bridgehead atoms. The summed E-state index contributed by atoms with van der Waals surface area (Å²) in [5, 5.41) is 0. The minimum Gasteiger partial charge on any atom is -0.398 e. The lowest BCUT2D eigenvalue weighted by Crippen LogP contribution is -2.41. The minimum absolute atomic E-state index is 0.0533. The SMILES string of the molecule is CCCN1C(=O)C(=C(F)B2OC(C)(C)C(C)(C)O2)c2ccccc21. The number of carbonyl (C=O) groups excluding carboxylic acids is 1. The monoisotopic (exact) mass is 331 g/mol. The quantitative estimate of drug-likeness (QED) is 0.625. The summed E-state index contributed by atoms with van der Waals surface area (Å²) >= 11 is 0. The average molecular weight is 331 g/mol. The fraction of sp³-hybridized carbons (Fsp3) is 0.500. The Bertz CT molecular complexity index is 698. The molecule has 0 saturated carbocycles. The van der Waals surface area contributed by atoms with Crippen molar-refractivity contribution in [2.45, 2.75) is 52.2 Å². The van der Waals surface area contributed by atoms with E-state index in [4.69, 9.17) is 9.31 Å². The second-order valence-electron chi connectivity index (χ2n) is 7.29. The molecule has 0 aromatic heterocycles. The molecule has 0 aliphatic carbocycles. The number of hydrogen-bond acceptors (Lipinski definition) is 3. The summed E-state index contributed by atoms with van der Waals surface area (Å²) < 4.78 is 26.8. The number of rotatable bonds is 3. The molecule has 1 saturated heterocycles. The van der Waals surface area contributed by atoms with Crippen LogP contribution in [0.4, 0.5) is 10.1 Å². The number of benzene rings is 1. The van der Waals surface area contributed by atoms with Crippen LogP contribution in [0.2, 0.25) is 0 Å². The Morgan fingerprint density at radius 1 is 1.17 bits per heavy atom. The molecule has 1 aromatic rings. The maximum absolute atomic E-state index is 15.2. The fourth-order valence-corrected chi connectivity index (χ4v) is 3.02. The summed E-state index contributed by atoms with van der Waals surface area (Å²) in [6.07, 6.45) is 0.797. The molecule has 0 spiro atoms. The third kappa shape index (κ3) is 2.49. The van der Waals surface area contributed by atoms with E-state index in [9.17, 15) is 4.79 Å². The molecule has 128 valence electrons. The van der Waals surface area contributed by atoms with Crippen molar-refractivity contribution in [1.82, 2.24) is 0 Å². The normalized spacial score (nSPS) is 23.7. The molecule has 1 aromatic carbocycles. The van der Waals surface area contributed by atoms with Crippen molar-refractivity contribution in [3.05, 3.63) is 35.6 Å². The van der Waals surface area contributed by atoms with E-state index in [0.717, 1.165) is 12.1 Å². The molecule has 3 rings (SSSR count). The first-order chi connectivity index (χ1) is 11.2. The van der Waals surface area contributed by atoms with Crippen LogP contribution in [0.15, 0.2) is 30.0 Å². The summed E-state index contributed by atoms with van der Waals surface area (Å²) in [6.45, 7) is 9.98. The highest BCUT2D eigenvalue weighted by Gasteiger charge is 2.54. The molecule has 1 fully saturated rings. The Morgan fingerprint density at radius 3 is 2.33 bits per heavy atom. The predicted octanol–water partition coefficient (Wildman–Crippen LogP) is 3.76. The van der Waals surface area contributed by atoms with Crippen LogP contribution < -0.4 is 4.90 Å². The van der Waals surface area contributed by atoms with Gasteiger partial charge in [0.05, 0.1) is 22.5 Å². The number of fused-ring (bicyclic) bond motifs is 1. The van der Waals surface area contributed by atoms with E-state index in [1.54, 1.807) is 17.0 Å². The molecular formula is C18H23BFNO3. The van der Waals surface area contributed by atoms with Crippen LogP contribution in [0, 0.1) is 0 Å². The Balaban J connectivity index is 2.05. The van der Waals surface area contributed by atoms with Gasteiger partial charge in [0.1, 0.15) is 5.73 Å². The van der Waals surface area contributed by atoms with Crippen LogP contribution in [-0.4, -0.2) is 30.8 Å². The van der Waals surface area contributed by atoms with Crippen LogP contribution in [-0.2, 0) is 14.1 Å². The van der Waals surface area contributed by atoms with Gasteiger partial charge in [-0.1, -0.05) is 25.1 Å². The van der Waals surface area contributed by atoms with Crippen LogP contribution in [0.1, 0.15) is 46.6 Å². The highest BCUT2D eigenvalue weighted by Crippen LogP contribution is 2.43. The largest absolute Gasteiger partial charge is 0.526 e. The van der Waals surface area contributed by atoms with E-state index < -0.39 is 24.0 Å². The zero-order valence-corrected chi connectivity index (χ0v) is 14.9. The topological polar surface area (TPSA) is 38.8 Å². The maximum Gasteiger partial charge on any atom is 0.526 e. The van der Waals surface area contributed by atoms with Gasteiger partial charge in [-0.05, 0) is 40.2 Å². The highest BCUT2D eigenvalue weighted by atomic mass is 19.1. The molecule has 0 N–H and O–H groups in total. The molecule has 1 amide bonds. The van der Waals surface area contributed by atoms with E-state index in [-0.39, 0.29) is 11.5 Å². The summed E-state index contributed by atoms with van der Waals surface area (Å²) in [6, 6.07) is 7.26. The van der Waals surface area contributed by atoms with E-state index in [1.807, 2.05) is 46.8 Å². The van der Waals surface area contributed by atoms with Gasteiger partial charge >= 0.3 is 7.12 Å². The Labute approximate surface area is 142 Å². The van der Waals surface area contributed by atoms with Gasteiger partial charge in [0.2, 0.25) is 0 Å². The van der Waals surface area contributed by atoms with Crippen molar-refractivity contribution < 1.29 is 18.5 Å². The Hall–Kier alpha value is -1.66. The lowest BCUT2D eigenvalue weighted by atomic mass is 9.83. The zero-order valence-electron chi connectivity index (χ0n) is 14.9. The zero-order chi connectivity index (χ0) is 17.7. The molecular weight excluding hydrogens is 308 g/mol. The third-order valence-corrected chi connectivity index (χ3v) is 5.07. The number of carbonyl (C=O) groups is 1. The van der Waals surface area contributed by atoms with Crippen molar-refractivity contribution >= 4 is 24.3 Å². The van der Waals surface area contributed by atoms with Crippen LogP contribution >= 0.6 is 0 Å². The van der Waals surface area contributed by atoms with Crippen molar-refractivity contribution in [2.24, 2.45) is 0 Å². The minimum atomic E-state index is -1.16. The van der Waals surface area contributed by atoms with Gasteiger partial charge in [0.15, 0.2) is 0 Å². The van der Waals surface area contributed by atoms with E-state index in [2.05, 4.69) is 0 Å². The lowest BCUT2D eigenvalue weighted by molar-refractivity contribution is -0.113. The summed E-state index contributed by atoms with van der Waals surface area (Å²) in [5.41, 5.74) is -0.559. The first-order valence-corrected chi connectivity index (χ1v) is 8.36. The molecule has 0 radical (unpaired) electrons. The van der Waals surface area contributed by atoms with Gasteiger partial charge in [-0.2, -0.15) is 0 Å². The van der Waals surface area contributed by atoms with Gasteiger partial charge < -0.3 is 14.2 Å². The number of halogens is 1. The summed E-state index contributed by atoms with van der Waals surface area (Å²) in [7, 11) is -1.16. The molecule has 2 heterocycles. The van der Waals surface area contributed by atoms with E-state index in [1.165, 1.54) is 0 Å². The highest BCUT2D eigenvalue weighted by molar-refractivity contribution is 6.58. The van der Waals surface area contributed by atoms with Gasteiger partial charge in [-0.3, -0.25) is 4.79 Å². The summed E-state index contributed by atoms with van der Waals surface area (Å²) in [4.78, 5) is 14.4. The van der Waals surface area contributed by atoms with E-state index >= 15 is 4.39 Å². The lowest BCUT2D eigenvalue weighted by Gasteiger charge is -2.32. The standard InChI is InChI=1S/C18H23BFNO3/c1-6-11-21-13-10-8-7-9-12(13)14(16(21)22)15(20)19-23-17(2,3)18(4,5)24-19/h7-10H,6,11H2,1-5H3. The fourth-order valence-electron chi connectivity index (χ4n) is 3.02. The molecule has 2 aliphatic rings. The number of anilines is 1. The average Bonchev–Trinajstić information content (AvgIpc) is 2.90. The second kappa shape index (κ2) is 5.71. The second-order valence-corrected chi connectivity index (χ2v) is 7.29. The summed E-state index contributed by atoms with van der Waals surface area (Å²) in [5.74, 6) is -0.328. The van der Waals surface area contributed by atoms with Crippen molar-refractivity contribution in [3.8, 4) is 0 Å². The smallest absolute Gasteiger partial charge is 0.398 e. The van der Waals surface area contributed by atoms with E-state index in [0.29, 0.717) is 12.1 Å².